The van der Waals surface area contributed by atoms with Gasteiger partial charge < -0.3 is 29.8 Å². The molecule has 1 aromatic carbocycles. The first kappa shape index (κ1) is 23.7. The van der Waals surface area contributed by atoms with Gasteiger partial charge in [0.05, 0.1) is 11.5 Å². The van der Waals surface area contributed by atoms with Gasteiger partial charge in [0.25, 0.3) is 11.5 Å². The van der Waals surface area contributed by atoms with E-state index < -0.39 is 49.6 Å². The molecule has 0 aliphatic carbocycles. The van der Waals surface area contributed by atoms with Crippen LogP contribution in [-0.4, -0.2) is 69.5 Å². The van der Waals surface area contributed by atoms with Crippen molar-refractivity contribution in [2.45, 2.75) is 36.8 Å². The first-order valence-electron chi connectivity index (χ1n) is 10.2. The van der Waals surface area contributed by atoms with Crippen LogP contribution in [0.1, 0.15) is 11.8 Å². The molecule has 0 amide bonds. The number of phosphoric ester groups is 1. The van der Waals surface area contributed by atoms with Crippen LogP contribution >= 0.6 is 7.82 Å². The zero-order valence-electron chi connectivity index (χ0n) is 17.6. The Bertz CT molecular complexity index is 1350. The van der Waals surface area contributed by atoms with Crippen molar-refractivity contribution < 1.29 is 48.4 Å². The Morgan fingerprint density at radius 3 is 2.66 bits per heavy atom. The van der Waals surface area contributed by atoms with Crippen LogP contribution in [0.2, 0.25) is 0 Å². The highest BCUT2D eigenvalue weighted by molar-refractivity contribution is 7.46. The van der Waals surface area contributed by atoms with Crippen molar-refractivity contribution in [3.63, 3.8) is 0 Å². The number of nitrogens with one attached hydrogen (secondary N) is 1. The minimum atomic E-state index is -4.81. The number of nitrogens with zero attached hydrogens (tertiary/aromatic N) is 5. The molecule has 1 saturated heterocycles. The maximum atomic E-state index is 11.2. The lowest BCUT2D eigenvalue weighted by atomic mass is 10.0. The summed E-state index contributed by atoms with van der Waals surface area (Å²) in [7, 11) is -4.81. The fraction of sp³-hybridized carbons (Fsp3) is 0.389. The number of nitro groups is 1. The lowest BCUT2D eigenvalue weighted by Gasteiger charge is -2.18. The van der Waals surface area contributed by atoms with Crippen molar-refractivity contribution in [3.05, 3.63) is 52.6 Å². The first-order valence-corrected chi connectivity index (χ1v) is 11.7. The third-order valence-electron chi connectivity index (χ3n) is 5.90. The molecule has 2 aromatic heterocycles. The van der Waals surface area contributed by atoms with Crippen molar-refractivity contribution in [1.29, 1.82) is 0 Å². The summed E-state index contributed by atoms with van der Waals surface area (Å²) in [5.74, 6) is 0.379. The Kier molecular flexibility index (Phi) is 5.58. The number of aromatic nitrogens is 4. The molecule has 0 bridgehead atoms. The van der Waals surface area contributed by atoms with Gasteiger partial charge in [0.1, 0.15) is 31.2 Å². The van der Waals surface area contributed by atoms with Gasteiger partial charge in [0.15, 0.2) is 11.7 Å². The highest BCUT2D eigenvalue weighted by atomic mass is 31.2. The van der Waals surface area contributed by atoms with E-state index in [1.54, 1.807) is 4.57 Å². The molecule has 4 heterocycles. The summed E-state index contributed by atoms with van der Waals surface area (Å²) < 4.78 is 23.9. The van der Waals surface area contributed by atoms with Gasteiger partial charge in [-0.3, -0.25) is 24.5 Å². The molecule has 5 rings (SSSR count). The van der Waals surface area contributed by atoms with Crippen LogP contribution in [0, 0.1) is 10.1 Å². The van der Waals surface area contributed by atoms with E-state index in [1.807, 2.05) is 0 Å². The summed E-state index contributed by atoms with van der Waals surface area (Å²) >= 11 is 0. The summed E-state index contributed by atoms with van der Waals surface area (Å²) in [5.41, 5.74) is -0.822. The number of phosphoric acid groups is 1. The Morgan fingerprint density at radius 2 is 2.00 bits per heavy atom. The van der Waals surface area contributed by atoms with Crippen molar-refractivity contribution in [1.82, 2.24) is 14.5 Å². The highest BCUT2D eigenvalue weighted by Gasteiger charge is 2.47. The average Bonchev–Trinajstić information content (AvgIpc) is 3.46. The number of aliphatic hydroxyl groups is 3. The number of non-ortho nitro benzene ring substituents is 1. The molecule has 2 aliphatic rings. The lowest BCUT2D eigenvalue weighted by molar-refractivity contribution is -0.685. The molecule has 0 saturated carbocycles. The minimum Gasteiger partial charge on any atom is -0.387 e. The number of anilines is 1. The third kappa shape index (κ3) is 4.15. The van der Waals surface area contributed by atoms with E-state index in [4.69, 9.17) is 14.5 Å². The second kappa shape index (κ2) is 8.25. The van der Waals surface area contributed by atoms with E-state index in [2.05, 4.69) is 19.8 Å². The number of benzene rings is 1. The van der Waals surface area contributed by atoms with Gasteiger partial charge >= 0.3 is 7.82 Å². The van der Waals surface area contributed by atoms with Crippen LogP contribution < -0.4 is 9.88 Å². The van der Waals surface area contributed by atoms with Crippen LogP contribution in [0.5, 0.6) is 0 Å². The number of aliphatic hydroxyl groups excluding tert-OH is 2. The Balaban J connectivity index is 1.42. The fourth-order valence-corrected chi connectivity index (χ4v) is 4.52. The molecule has 35 heavy (non-hydrogen) atoms. The molecule has 3 aromatic rings. The molecular weight excluding hydrogens is 491 g/mol. The molecule has 2 aliphatic heterocycles. The van der Waals surface area contributed by atoms with E-state index in [1.165, 1.54) is 41.5 Å². The molecule has 186 valence electrons. The Labute approximate surface area is 195 Å². The normalized spacial score (nSPS) is 28.3. The average molecular weight is 511 g/mol. The zero-order chi connectivity index (χ0) is 25.1. The van der Waals surface area contributed by atoms with Crippen molar-refractivity contribution in [2.24, 2.45) is 0 Å². The summed E-state index contributed by atoms with van der Waals surface area (Å²) in [6, 6.07) is 5.43. The first-order chi connectivity index (χ1) is 16.5. The zero-order valence-corrected chi connectivity index (χ0v) is 18.5. The van der Waals surface area contributed by atoms with Gasteiger partial charge in [-0.1, -0.05) is 4.98 Å². The molecule has 6 N–H and O–H groups in total. The van der Waals surface area contributed by atoms with Gasteiger partial charge in [0, 0.05) is 17.7 Å². The van der Waals surface area contributed by atoms with Gasteiger partial charge in [-0.05, 0) is 12.1 Å². The number of rotatable bonds is 6. The largest absolute Gasteiger partial charge is 0.469 e. The second-order valence-corrected chi connectivity index (χ2v) is 9.41. The molecule has 1 unspecified atom stereocenters. The van der Waals surface area contributed by atoms with Crippen LogP contribution in [0.15, 0.2) is 36.9 Å². The number of hydrogen-bond acceptors (Lipinski definition) is 11. The molecule has 16 nitrogen and oxygen atoms in total. The quantitative estimate of drug-likeness (QED) is 0.0972. The third-order valence-corrected chi connectivity index (χ3v) is 6.38. The predicted octanol–water partition coefficient (Wildman–Crippen LogP) is -1.37. The lowest BCUT2D eigenvalue weighted by Crippen LogP contribution is -2.40. The van der Waals surface area contributed by atoms with Crippen molar-refractivity contribution in [2.75, 3.05) is 11.9 Å². The SMILES string of the molecule is O=[N+]([O-])c1ccc(C2(O)C[n+]3cnc4c(ncn4[C@@H]4O[C@H](COP(=O)(O)O)[C@@H](O)[C@H]4O)c3N2)cc1. The minimum absolute atomic E-state index is 0.0268. The maximum Gasteiger partial charge on any atom is 0.469 e. The number of imidazole rings is 1. The highest BCUT2D eigenvalue weighted by Crippen LogP contribution is 2.39. The number of nitro benzene ring substituents is 1. The number of hydrogen-bond donors (Lipinski definition) is 6. The van der Waals surface area contributed by atoms with Crippen molar-refractivity contribution in [3.8, 4) is 0 Å². The maximum absolute atomic E-state index is 11.2. The summed E-state index contributed by atoms with van der Waals surface area (Å²) in [4.78, 5) is 36.7. The molecule has 1 fully saturated rings. The number of ether oxygens (including phenoxy) is 1. The van der Waals surface area contributed by atoms with E-state index in [0.29, 0.717) is 16.9 Å². The molecule has 5 atom stereocenters. The van der Waals surface area contributed by atoms with Gasteiger partial charge in [-0.15, -0.1) is 0 Å². The standard InChI is InChI=1S/C18H19N6O10P/c25-13-11(5-33-35(30,31)32)34-17(14(13)26)23-8-19-12-15(23)20-7-22-6-18(27,21-16(12)22)9-1-3-10(4-2-9)24(28)29/h1-4,7-8,11,13-14,17,25-27H,5-6H2,(H2,30,31,32)/p+1/t11-,13-,14-,17-,18?/m1/s1. The van der Waals surface area contributed by atoms with Gasteiger partial charge in [-0.25, -0.2) is 14.1 Å². The van der Waals surface area contributed by atoms with Crippen LogP contribution in [0.25, 0.3) is 11.2 Å². The van der Waals surface area contributed by atoms with Gasteiger partial charge in [-0.2, -0.15) is 0 Å². The van der Waals surface area contributed by atoms with E-state index in [0.717, 1.165) is 0 Å². The van der Waals surface area contributed by atoms with Crippen LogP contribution in [-0.2, 0) is 26.1 Å². The molecular formula is C18H20N6O10P+. The second-order valence-electron chi connectivity index (χ2n) is 8.17. The Morgan fingerprint density at radius 1 is 1.29 bits per heavy atom. The predicted molar refractivity (Wildman–Crippen MR) is 112 cm³/mol. The summed E-state index contributed by atoms with van der Waals surface area (Å²) in [5, 5.41) is 45.8. The van der Waals surface area contributed by atoms with Crippen molar-refractivity contribution >= 4 is 30.5 Å². The summed E-state index contributed by atoms with van der Waals surface area (Å²) in [6.45, 7) is -0.632. The topological polar surface area (TPSA) is 226 Å². The van der Waals surface area contributed by atoms with E-state index in [9.17, 15) is 30.0 Å². The summed E-state index contributed by atoms with van der Waals surface area (Å²) in [6.07, 6.45) is -2.68. The van der Waals surface area contributed by atoms with Crippen LogP contribution in [0.4, 0.5) is 11.5 Å². The molecule has 0 radical (unpaired) electrons. The fourth-order valence-electron chi connectivity index (χ4n) is 4.18. The van der Waals surface area contributed by atoms with Gasteiger partial charge in [0.2, 0.25) is 17.7 Å². The van der Waals surface area contributed by atoms with Crippen LogP contribution in [0.3, 0.4) is 0 Å². The molecule has 0 spiro atoms. The van der Waals surface area contributed by atoms with E-state index >= 15 is 0 Å². The van der Waals surface area contributed by atoms with E-state index in [-0.39, 0.29) is 17.9 Å². The molecule has 17 heteroatoms. The monoisotopic (exact) mass is 511 g/mol. The Hall–Kier alpha value is -3.08. The number of fused-ring (bicyclic) bond motifs is 3. The smallest absolute Gasteiger partial charge is 0.387 e.